The Morgan fingerprint density at radius 1 is 0.970 bits per heavy atom. The second kappa shape index (κ2) is 8.98. The molecule has 1 aliphatic rings. The fourth-order valence-electron chi connectivity index (χ4n) is 3.24. The number of benzene rings is 1. The summed E-state index contributed by atoms with van der Waals surface area (Å²) < 4.78 is 132. The SMILES string of the molecule is O=S(=O)(c1ccccc1F)c1occc1S(=O)(=O)N1CCC(CNS(=O)(=O)C(F)(F)F)CC1. The van der Waals surface area contributed by atoms with Gasteiger partial charge in [-0.3, -0.25) is 0 Å². The first-order chi connectivity index (χ1) is 15.2. The van der Waals surface area contributed by atoms with E-state index in [9.17, 15) is 42.8 Å². The summed E-state index contributed by atoms with van der Waals surface area (Å²) in [6.07, 6.45) is 0.874. The average Bonchev–Trinajstić information content (AvgIpc) is 3.24. The van der Waals surface area contributed by atoms with Crippen molar-refractivity contribution in [2.45, 2.75) is 33.2 Å². The lowest BCUT2D eigenvalue weighted by molar-refractivity contribution is -0.0448. The highest BCUT2D eigenvalue weighted by molar-refractivity contribution is 7.93. The second-order valence-corrected chi connectivity index (χ2v) is 12.6. The van der Waals surface area contributed by atoms with Gasteiger partial charge in [-0.15, -0.1) is 0 Å². The normalized spacial score (nSPS) is 17.3. The van der Waals surface area contributed by atoms with Crippen molar-refractivity contribution in [1.29, 1.82) is 0 Å². The van der Waals surface area contributed by atoms with E-state index in [-0.39, 0.29) is 25.9 Å². The van der Waals surface area contributed by atoms with Gasteiger partial charge in [0, 0.05) is 19.6 Å². The van der Waals surface area contributed by atoms with Crippen LogP contribution in [0.25, 0.3) is 0 Å². The maximum absolute atomic E-state index is 14.0. The van der Waals surface area contributed by atoms with Gasteiger partial charge in [0.2, 0.25) is 25.0 Å². The third-order valence-corrected chi connectivity index (χ3v) is 9.95. The monoisotopic (exact) mass is 534 g/mol. The molecule has 1 fully saturated rings. The largest absolute Gasteiger partial charge is 0.511 e. The van der Waals surface area contributed by atoms with Crippen LogP contribution in [0.1, 0.15) is 12.8 Å². The molecule has 16 heteroatoms. The van der Waals surface area contributed by atoms with Crippen molar-refractivity contribution < 1.29 is 47.2 Å². The summed E-state index contributed by atoms with van der Waals surface area (Å²) in [7, 11) is -14.6. The summed E-state index contributed by atoms with van der Waals surface area (Å²) in [6.45, 7) is -0.940. The number of hydrogen-bond acceptors (Lipinski definition) is 7. The van der Waals surface area contributed by atoms with Gasteiger partial charge in [-0.25, -0.2) is 34.4 Å². The van der Waals surface area contributed by atoms with Crippen LogP contribution < -0.4 is 4.72 Å². The molecule has 9 nitrogen and oxygen atoms in total. The standard InChI is InChI=1S/C17H18F4N2O7S3/c18-13-3-1-2-4-14(13)31(24,25)16-15(7-10-30-16)32(26,27)23-8-5-12(6-9-23)11-22-33(28,29)17(19,20)21/h1-4,7,10,12,22H,5-6,8-9,11H2. The van der Waals surface area contributed by atoms with E-state index < -0.39 is 68.6 Å². The van der Waals surface area contributed by atoms with Gasteiger partial charge >= 0.3 is 15.5 Å². The summed E-state index contributed by atoms with van der Waals surface area (Å²) in [5, 5.41) is -0.965. The van der Waals surface area contributed by atoms with Crippen LogP contribution in [0.4, 0.5) is 17.6 Å². The van der Waals surface area contributed by atoms with Crippen molar-refractivity contribution in [2.75, 3.05) is 19.6 Å². The number of alkyl halides is 3. The Labute approximate surface area is 187 Å². The van der Waals surface area contributed by atoms with Crippen molar-refractivity contribution in [2.24, 2.45) is 5.92 Å². The highest BCUT2D eigenvalue weighted by Crippen LogP contribution is 2.33. The number of sulfone groups is 1. The molecule has 0 atom stereocenters. The first-order valence-electron chi connectivity index (χ1n) is 9.31. The molecular formula is C17H18F4N2O7S3. The molecule has 0 amide bonds. The Kier molecular flexibility index (Phi) is 6.97. The molecule has 0 aliphatic carbocycles. The lowest BCUT2D eigenvalue weighted by Gasteiger charge is -2.31. The van der Waals surface area contributed by atoms with E-state index in [0.29, 0.717) is 0 Å². The minimum Gasteiger partial charge on any atom is -0.451 e. The fraction of sp³-hybridized carbons (Fsp3) is 0.412. The van der Waals surface area contributed by atoms with Gasteiger partial charge in [0.1, 0.15) is 15.6 Å². The van der Waals surface area contributed by atoms with Crippen LogP contribution in [0.15, 0.2) is 55.9 Å². The number of nitrogens with zero attached hydrogens (tertiary/aromatic N) is 1. The van der Waals surface area contributed by atoms with Crippen LogP contribution in [0.5, 0.6) is 0 Å². The van der Waals surface area contributed by atoms with Gasteiger partial charge in [-0.1, -0.05) is 12.1 Å². The van der Waals surface area contributed by atoms with Gasteiger partial charge in [-0.05, 0) is 37.0 Å². The predicted octanol–water partition coefficient (Wildman–Crippen LogP) is 2.09. The maximum atomic E-state index is 14.0. The molecule has 3 rings (SSSR count). The van der Waals surface area contributed by atoms with Crippen molar-refractivity contribution in [3.63, 3.8) is 0 Å². The lowest BCUT2D eigenvalue weighted by Crippen LogP contribution is -2.43. The molecule has 2 aromatic rings. The van der Waals surface area contributed by atoms with Gasteiger partial charge in [-0.2, -0.15) is 17.5 Å². The lowest BCUT2D eigenvalue weighted by atomic mass is 9.99. The minimum absolute atomic E-state index is 0.0207. The molecule has 1 saturated heterocycles. The third kappa shape index (κ3) is 5.08. The molecular weight excluding hydrogens is 516 g/mol. The molecule has 1 aliphatic heterocycles. The Bertz CT molecular complexity index is 1330. The zero-order chi connectivity index (χ0) is 24.7. The summed E-state index contributed by atoms with van der Waals surface area (Å²) in [5.41, 5.74) is -5.46. The topological polar surface area (TPSA) is 131 Å². The molecule has 1 aromatic carbocycles. The zero-order valence-corrected chi connectivity index (χ0v) is 19.1. The molecule has 33 heavy (non-hydrogen) atoms. The molecule has 0 radical (unpaired) electrons. The Balaban J connectivity index is 1.76. The molecule has 184 valence electrons. The number of hydrogen-bond donors (Lipinski definition) is 1. The van der Waals surface area contributed by atoms with Gasteiger partial charge in [0.25, 0.3) is 0 Å². The zero-order valence-electron chi connectivity index (χ0n) is 16.6. The van der Waals surface area contributed by atoms with Crippen LogP contribution in [-0.2, 0) is 29.9 Å². The number of sulfonamides is 2. The number of furan rings is 1. The number of piperidine rings is 1. The minimum atomic E-state index is -5.52. The molecule has 0 spiro atoms. The van der Waals surface area contributed by atoms with Crippen LogP contribution in [0.3, 0.4) is 0 Å². The first kappa shape index (κ1) is 25.6. The Hall–Kier alpha value is -2.01. The summed E-state index contributed by atoms with van der Waals surface area (Å²) in [5.74, 6) is -1.67. The van der Waals surface area contributed by atoms with Crippen molar-refractivity contribution in [1.82, 2.24) is 9.03 Å². The van der Waals surface area contributed by atoms with Crippen molar-refractivity contribution >= 4 is 29.9 Å². The van der Waals surface area contributed by atoms with E-state index in [1.807, 2.05) is 0 Å². The van der Waals surface area contributed by atoms with Gasteiger partial charge in [0.05, 0.1) is 6.26 Å². The highest BCUT2D eigenvalue weighted by Gasteiger charge is 2.46. The predicted molar refractivity (Wildman–Crippen MR) is 105 cm³/mol. The van der Waals surface area contributed by atoms with E-state index in [1.54, 1.807) is 0 Å². The quantitative estimate of drug-likeness (QED) is 0.538. The molecule has 0 unspecified atom stereocenters. The number of halogens is 4. The summed E-state index contributed by atoms with van der Waals surface area (Å²) in [6, 6.07) is 5.27. The van der Waals surface area contributed by atoms with Crippen LogP contribution in [0.2, 0.25) is 0 Å². The molecule has 0 saturated carbocycles. The second-order valence-electron chi connectivity index (χ2n) is 7.15. The average molecular weight is 535 g/mol. The number of rotatable bonds is 7. The van der Waals surface area contributed by atoms with Crippen LogP contribution >= 0.6 is 0 Å². The smallest absolute Gasteiger partial charge is 0.451 e. The Morgan fingerprint density at radius 2 is 1.58 bits per heavy atom. The third-order valence-electron chi connectivity index (χ3n) is 5.02. The van der Waals surface area contributed by atoms with Crippen molar-refractivity contribution in [3.05, 3.63) is 42.4 Å². The Morgan fingerprint density at radius 3 is 2.15 bits per heavy atom. The van der Waals surface area contributed by atoms with Gasteiger partial charge in [0.15, 0.2) is 0 Å². The summed E-state index contributed by atoms with van der Waals surface area (Å²) >= 11 is 0. The van der Waals surface area contributed by atoms with E-state index >= 15 is 0 Å². The van der Waals surface area contributed by atoms with Crippen LogP contribution in [-0.4, -0.2) is 54.7 Å². The first-order valence-corrected chi connectivity index (χ1v) is 13.7. The van der Waals surface area contributed by atoms with Gasteiger partial charge < -0.3 is 4.42 Å². The molecule has 2 heterocycles. The van der Waals surface area contributed by atoms with E-state index in [0.717, 1.165) is 28.8 Å². The van der Waals surface area contributed by atoms with E-state index in [4.69, 9.17) is 4.42 Å². The molecule has 1 aromatic heterocycles. The van der Waals surface area contributed by atoms with Crippen molar-refractivity contribution in [3.8, 4) is 0 Å². The molecule has 1 N–H and O–H groups in total. The highest BCUT2D eigenvalue weighted by atomic mass is 32.2. The number of nitrogens with one attached hydrogen (secondary N) is 1. The van der Waals surface area contributed by atoms with E-state index in [1.165, 1.54) is 16.9 Å². The van der Waals surface area contributed by atoms with Crippen LogP contribution in [0, 0.1) is 11.7 Å². The fourth-order valence-corrected chi connectivity index (χ4v) is 7.25. The molecule has 0 bridgehead atoms. The van der Waals surface area contributed by atoms with E-state index in [2.05, 4.69) is 0 Å². The maximum Gasteiger partial charge on any atom is 0.511 e. The summed E-state index contributed by atoms with van der Waals surface area (Å²) in [4.78, 5) is -1.48.